The first-order valence-electron chi connectivity index (χ1n) is 10.4. The van der Waals surface area contributed by atoms with Crippen LogP contribution in [0, 0.1) is 0 Å². The molecule has 1 aliphatic heterocycles. The molecule has 0 atom stereocenters. The van der Waals surface area contributed by atoms with Crippen molar-refractivity contribution in [2.75, 3.05) is 50.5 Å². The van der Waals surface area contributed by atoms with Gasteiger partial charge >= 0.3 is 11.9 Å². The maximum absolute atomic E-state index is 13.0. The van der Waals surface area contributed by atoms with Gasteiger partial charge in [-0.15, -0.1) is 0 Å². The van der Waals surface area contributed by atoms with Crippen LogP contribution in [0.5, 0.6) is 5.75 Å². The fraction of sp³-hybridized carbons (Fsp3) is 0.348. The van der Waals surface area contributed by atoms with E-state index < -0.39 is 11.9 Å². The third kappa shape index (κ3) is 5.17. The Kier molecular flexibility index (Phi) is 7.32. The smallest absolute Gasteiger partial charge is 0.345 e. The predicted octanol–water partition coefficient (Wildman–Crippen LogP) is 2.27. The number of hydrogen-bond donors (Lipinski definition) is 2. The molecule has 0 amide bonds. The number of ether oxygens (including phenoxy) is 2. The van der Waals surface area contributed by atoms with E-state index in [4.69, 9.17) is 20.3 Å². The molecule has 1 aliphatic rings. The van der Waals surface area contributed by atoms with E-state index in [-0.39, 0.29) is 18.0 Å². The first-order valence-corrected chi connectivity index (χ1v) is 10.4. The quantitative estimate of drug-likeness (QED) is 0.362. The van der Waals surface area contributed by atoms with Crippen molar-refractivity contribution in [3.05, 3.63) is 53.7 Å². The van der Waals surface area contributed by atoms with Crippen molar-refractivity contribution in [3.8, 4) is 5.75 Å². The summed E-state index contributed by atoms with van der Waals surface area (Å²) in [4.78, 5) is 32.3. The van der Waals surface area contributed by atoms with Gasteiger partial charge in [-0.2, -0.15) is 0 Å². The molecule has 0 radical (unpaired) electrons. The highest BCUT2D eigenvalue weighted by Gasteiger charge is 2.24. The monoisotopic (exact) mass is 440 g/mol. The number of esters is 1. The highest BCUT2D eigenvalue weighted by atomic mass is 16.5. The lowest BCUT2D eigenvalue weighted by atomic mass is 10.0. The molecular weight excluding hydrogens is 412 g/mol. The van der Waals surface area contributed by atoms with Gasteiger partial charge in [-0.3, -0.25) is 9.69 Å². The second-order valence-electron chi connectivity index (χ2n) is 7.45. The maximum Gasteiger partial charge on any atom is 0.345 e. The summed E-state index contributed by atoms with van der Waals surface area (Å²) in [6, 6.07) is 6.89. The number of benzene rings is 1. The van der Waals surface area contributed by atoms with Gasteiger partial charge in [0.05, 0.1) is 30.5 Å². The van der Waals surface area contributed by atoms with Gasteiger partial charge in [0, 0.05) is 38.4 Å². The molecule has 1 fully saturated rings. The summed E-state index contributed by atoms with van der Waals surface area (Å²) in [6.45, 7) is 8.28. The van der Waals surface area contributed by atoms with Crippen molar-refractivity contribution in [3.63, 3.8) is 0 Å². The minimum absolute atomic E-state index is 0.0102. The van der Waals surface area contributed by atoms with Crippen molar-refractivity contribution in [2.45, 2.75) is 13.3 Å². The zero-order valence-corrected chi connectivity index (χ0v) is 18.3. The second-order valence-corrected chi connectivity index (χ2v) is 7.45. The molecule has 9 nitrogen and oxygen atoms in total. The summed E-state index contributed by atoms with van der Waals surface area (Å²) < 4.78 is 10.9. The van der Waals surface area contributed by atoms with Gasteiger partial charge in [0.1, 0.15) is 17.3 Å². The second kappa shape index (κ2) is 10.1. The van der Waals surface area contributed by atoms with Crippen LogP contribution in [0.2, 0.25) is 0 Å². The summed E-state index contributed by atoms with van der Waals surface area (Å²) in [5.41, 5.74) is 7.99. The minimum atomic E-state index is -0.846. The lowest BCUT2D eigenvalue weighted by Gasteiger charge is -2.35. The third-order valence-corrected chi connectivity index (χ3v) is 5.38. The van der Waals surface area contributed by atoms with E-state index in [1.165, 1.54) is 0 Å². The summed E-state index contributed by atoms with van der Waals surface area (Å²) in [6.07, 6.45) is 2.24. The zero-order chi connectivity index (χ0) is 23.3. The van der Waals surface area contributed by atoms with Gasteiger partial charge < -0.3 is 25.2 Å². The topological polar surface area (TPSA) is 118 Å². The molecule has 2 heterocycles. The minimum Gasteiger partial charge on any atom is -0.497 e. The Labute approximate surface area is 187 Å². The van der Waals surface area contributed by atoms with Crippen LogP contribution in [-0.2, 0) is 16.0 Å². The van der Waals surface area contributed by atoms with Crippen LogP contribution in [0.15, 0.2) is 37.0 Å². The maximum atomic E-state index is 13.0. The highest BCUT2D eigenvalue weighted by Crippen LogP contribution is 2.30. The molecule has 0 saturated carbocycles. The van der Waals surface area contributed by atoms with Crippen LogP contribution in [0.4, 0.5) is 11.5 Å². The number of rotatable bonds is 8. The Morgan fingerprint density at radius 1 is 1.25 bits per heavy atom. The Bertz CT molecular complexity index is 1020. The Morgan fingerprint density at radius 2 is 1.97 bits per heavy atom. The number of aliphatic carboxylic acids is 1. The Balaban J connectivity index is 1.77. The molecule has 1 saturated heterocycles. The standard InChI is InChI=1S/C23H28N4O5/c1-4-16-12-17(31-3)13-19(24)21(16)23(30)32-15(2)18-6-5-7-25-22(18)27-10-8-26(9-11-27)14-20(28)29/h5-7,12-13H,2,4,8-11,14,24H2,1,3H3,(H,28,29). The Hall–Kier alpha value is -3.59. The molecular formula is C23H28N4O5. The predicted molar refractivity (Wildman–Crippen MR) is 122 cm³/mol. The molecule has 1 aromatic heterocycles. The van der Waals surface area contributed by atoms with E-state index >= 15 is 0 Å². The van der Waals surface area contributed by atoms with Crippen LogP contribution in [0.25, 0.3) is 5.76 Å². The molecule has 0 unspecified atom stereocenters. The van der Waals surface area contributed by atoms with E-state index in [9.17, 15) is 9.59 Å². The molecule has 0 aliphatic carbocycles. The number of pyridine rings is 1. The number of methoxy groups -OCH3 is 1. The summed E-state index contributed by atoms with van der Waals surface area (Å²) in [7, 11) is 1.54. The number of carboxylic acid groups (broad SMARTS) is 1. The zero-order valence-electron chi connectivity index (χ0n) is 18.3. The lowest BCUT2D eigenvalue weighted by molar-refractivity contribution is -0.138. The number of nitrogen functional groups attached to an aromatic ring is 1. The molecule has 2 aromatic rings. The van der Waals surface area contributed by atoms with Crippen LogP contribution in [0.1, 0.15) is 28.4 Å². The van der Waals surface area contributed by atoms with E-state index in [2.05, 4.69) is 11.6 Å². The fourth-order valence-electron chi connectivity index (χ4n) is 3.74. The number of carboxylic acids is 1. The van der Waals surface area contributed by atoms with Gasteiger partial charge in [0.25, 0.3) is 0 Å². The first kappa shape index (κ1) is 23.1. The number of aryl methyl sites for hydroxylation is 1. The van der Waals surface area contributed by atoms with E-state index in [1.54, 1.807) is 37.6 Å². The first-order chi connectivity index (χ1) is 15.3. The number of nitrogens with two attached hydrogens (primary N) is 1. The Morgan fingerprint density at radius 3 is 2.59 bits per heavy atom. The molecule has 32 heavy (non-hydrogen) atoms. The van der Waals surface area contributed by atoms with Gasteiger partial charge in [0.2, 0.25) is 0 Å². The highest BCUT2D eigenvalue weighted by molar-refractivity contribution is 6.00. The SMILES string of the molecule is C=C(OC(=O)c1c(N)cc(OC)cc1CC)c1cccnc1N1CCN(CC(=O)O)CC1. The lowest BCUT2D eigenvalue weighted by Crippen LogP contribution is -2.48. The van der Waals surface area contributed by atoms with Gasteiger partial charge in [-0.05, 0) is 30.2 Å². The van der Waals surface area contributed by atoms with E-state index in [1.807, 2.05) is 16.7 Å². The van der Waals surface area contributed by atoms with Crippen molar-refractivity contribution in [2.24, 2.45) is 0 Å². The van der Waals surface area contributed by atoms with Gasteiger partial charge in [-0.25, -0.2) is 9.78 Å². The van der Waals surface area contributed by atoms with Crippen molar-refractivity contribution < 1.29 is 24.2 Å². The largest absolute Gasteiger partial charge is 0.497 e. The number of carbonyl (C=O) groups excluding carboxylic acids is 1. The molecule has 1 aromatic carbocycles. The summed E-state index contributed by atoms with van der Waals surface area (Å²) in [5.74, 6) is -0.0528. The van der Waals surface area contributed by atoms with Crippen LogP contribution < -0.4 is 15.4 Å². The number of piperazine rings is 1. The van der Waals surface area contributed by atoms with Crippen molar-refractivity contribution in [1.29, 1.82) is 0 Å². The number of aromatic nitrogens is 1. The van der Waals surface area contributed by atoms with Crippen LogP contribution >= 0.6 is 0 Å². The molecule has 170 valence electrons. The number of carbonyl (C=O) groups is 2. The van der Waals surface area contributed by atoms with Gasteiger partial charge in [0.15, 0.2) is 0 Å². The van der Waals surface area contributed by atoms with E-state index in [0.717, 1.165) is 5.56 Å². The van der Waals surface area contributed by atoms with Crippen molar-refractivity contribution in [1.82, 2.24) is 9.88 Å². The number of anilines is 2. The molecule has 3 N–H and O–H groups in total. The summed E-state index contributed by atoms with van der Waals surface area (Å²) in [5, 5.41) is 8.99. The normalized spacial score (nSPS) is 14.1. The van der Waals surface area contributed by atoms with Crippen LogP contribution in [-0.4, -0.2) is 66.8 Å². The average Bonchev–Trinajstić information content (AvgIpc) is 2.78. The molecule has 3 rings (SSSR count). The number of hydrogen-bond acceptors (Lipinski definition) is 8. The molecule has 0 spiro atoms. The molecule has 9 heteroatoms. The van der Waals surface area contributed by atoms with Crippen molar-refractivity contribution >= 4 is 29.2 Å². The van der Waals surface area contributed by atoms with Gasteiger partial charge in [-0.1, -0.05) is 13.5 Å². The summed E-state index contributed by atoms with van der Waals surface area (Å²) >= 11 is 0. The van der Waals surface area contributed by atoms with Crippen LogP contribution in [0.3, 0.4) is 0 Å². The molecule has 0 bridgehead atoms. The average molecular weight is 441 g/mol. The number of nitrogens with zero attached hydrogens (tertiary/aromatic N) is 3. The van der Waals surface area contributed by atoms with E-state index in [0.29, 0.717) is 55.3 Å². The fourth-order valence-corrected chi connectivity index (χ4v) is 3.74. The third-order valence-electron chi connectivity index (χ3n) is 5.38.